The van der Waals surface area contributed by atoms with Gasteiger partial charge in [-0.15, -0.1) is 0 Å². The van der Waals surface area contributed by atoms with Gasteiger partial charge in [0.2, 0.25) is 0 Å². The summed E-state index contributed by atoms with van der Waals surface area (Å²) in [6.07, 6.45) is 4.81. The van der Waals surface area contributed by atoms with Gasteiger partial charge in [-0.3, -0.25) is 18.8 Å². The largest absolute Gasteiger partial charge is 0.353 e. The Kier molecular flexibility index (Phi) is 6.11. The van der Waals surface area contributed by atoms with E-state index in [9.17, 15) is 13.9 Å². The molecule has 0 spiro atoms. The summed E-state index contributed by atoms with van der Waals surface area (Å²) >= 11 is 0. The van der Waals surface area contributed by atoms with Gasteiger partial charge in [0.1, 0.15) is 5.82 Å². The Hall–Kier alpha value is -2.13. The molecule has 32 heavy (non-hydrogen) atoms. The number of aromatic nitrogens is 1. The first kappa shape index (κ1) is 21.7. The van der Waals surface area contributed by atoms with Gasteiger partial charge >= 0.3 is 0 Å². The Balaban J connectivity index is 1.15. The highest BCUT2D eigenvalue weighted by atomic mass is 32.3. The molecule has 8 heteroatoms. The number of hydrogen-bond donors (Lipinski definition) is 2. The van der Waals surface area contributed by atoms with Gasteiger partial charge in [-0.2, -0.15) is 10.6 Å². The van der Waals surface area contributed by atoms with Crippen LogP contribution in [-0.4, -0.2) is 80.1 Å². The molecule has 1 aromatic carbocycles. The summed E-state index contributed by atoms with van der Waals surface area (Å²) in [5.74, 6) is 1.61. The fourth-order valence-corrected chi connectivity index (χ4v) is 6.33. The third kappa shape index (κ3) is 4.64. The quantitative estimate of drug-likeness (QED) is 0.738. The van der Waals surface area contributed by atoms with Crippen LogP contribution in [0.1, 0.15) is 34.3 Å². The maximum Gasteiger partial charge on any atom is 0.255 e. The summed E-state index contributed by atoms with van der Waals surface area (Å²) in [5, 5.41) is 0. The van der Waals surface area contributed by atoms with E-state index in [1.807, 2.05) is 21.9 Å². The van der Waals surface area contributed by atoms with Crippen LogP contribution >= 0.6 is 10.6 Å². The van der Waals surface area contributed by atoms with Crippen molar-refractivity contribution in [2.24, 2.45) is 0 Å². The predicted molar refractivity (Wildman–Crippen MR) is 129 cm³/mol. The van der Waals surface area contributed by atoms with E-state index < -0.39 is 10.6 Å². The molecule has 3 aliphatic heterocycles. The minimum atomic E-state index is -2.42. The van der Waals surface area contributed by atoms with Crippen LogP contribution in [0.5, 0.6) is 0 Å². The highest BCUT2D eigenvalue weighted by molar-refractivity contribution is 8.24. The number of anilines is 1. The number of piperidine rings is 1. The highest BCUT2D eigenvalue weighted by Gasteiger charge is 2.29. The van der Waals surface area contributed by atoms with Crippen LogP contribution in [-0.2, 0) is 13.0 Å². The molecule has 0 saturated carbocycles. The van der Waals surface area contributed by atoms with Gasteiger partial charge in [0.25, 0.3) is 5.91 Å². The fraction of sp³-hybridized carbons (Fsp3) is 0.500. The Labute approximate surface area is 191 Å². The van der Waals surface area contributed by atoms with Crippen LogP contribution < -0.4 is 4.90 Å². The second-order valence-electron chi connectivity index (χ2n) is 9.12. The lowest BCUT2D eigenvalue weighted by molar-refractivity contribution is 0.0599. The summed E-state index contributed by atoms with van der Waals surface area (Å²) in [4.78, 5) is 24.1. The molecule has 0 bridgehead atoms. The van der Waals surface area contributed by atoms with Crippen molar-refractivity contribution in [3.8, 4) is 0 Å². The van der Waals surface area contributed by atoms with E-state index in [4.69, 9.17) is 0 Å². The van der Waals surface area contributed by atoms with E-state index in [0.717, 1.165) is 51.3 Å². The van der Waals surface area contributed by atoms with Crippen LogP contribution in [0, 0.1) is 0 Å². The second kappa shape index (κ2) is 9.02. The molecule has 0 atom stereocenters. The molecule has 2 aromatic rings. The molecule has 172 valence electrons. The van der Waals surface area contributed by atoms with Gasteiger partial charge in [-0.05, 0) is 42.5 Å². The smallest absolute Gasteiger partial charge is 0.255 e. The Bertz CT molecular complexity index is 950. The van der Waals surface area contributed by atoms with Crippen molar-refractivity contribution in [1.82, 2.24) is 14.8 Å². The molecule has 7 nitrogen and oxygen atoms in total. The van der Waals surface area contributed by atoms with Gasteiger partial charge in [0.05, 0.1) is 17.1 Å². The Morgan fingerprint density at radius 3 is 2.34 bits per heavy atom. The van der Waals surface area contributed by atoms with Crippen molar-refractivity contribution in [2.45, 2.75) is 31.8 Å². The zero-order valence-corrected chi connectivity index (χ0v) is 19.2. The van der Waals surface area contributed by atoms with E-state index in [1.165, 1.54) is 11.1 Å². The van der Waals surface area contributed by atoms with Crippen molar-refractivity contribution < 1.29 is 13.9 Å². The van der Waals surface area contributed by atoms with E-state index in [2.05, 4.69) is 34.1 Å². The topological polar surface area (TPSA) is 80.1 Å². The first-order chi connectivity index (χ1) is 15.5. The van der Waals surface area contributed by atoms with Crippen molar-refractivity contribution >= 4 is 22.3 Å². The van der Waals surface area contributed by atoms with Crippen LogP contribution in [0.4, 0.5) is 5.82 Å². The summed E-state index contributed by atoms with van der Waals surface area (Å²) in [5.41, 5.74) is 3.55. The normalized spacial score (nSPS) is 22.9. The van der Waals surface area contributed by atoms with E-state index in [-0.39, 0.29) is 5.91 Å². The number of hydrogen-bond acceptors (Lipinski definition) is 6. The third-order valence-electron chi connectivity index (χ3n) is 7.12. The van der Waals surface area contributed by atoms with Crippen molar-refractivity contribution in [1.29, 1.82) is 0 Å². The minimum Gasteiger partial charge on any atom is -0.353 e. The number of benzene rings is 1. The van der Waals surface area contributed by atoms with Crippen LogP contribution in [0.2, 0.25) is 0 Å². The molecular formula is C24H32N4O3S. The zero-order valence-electron chi connectivity index (χ0n) is 18.4. The van der Waals surface area contributed by atoms with E-state index >= 15 is 0 Å². The number of pyridine rings is 1. The van der Waals surface area contributed by atoms with Gasteiger partial charge in [0, 0.05) is 51.5 Å². The van der Waals surface area contributed by atoms with Crippen molar-refractivity contribution in [3.05, 3.63) is 59.3 Å². The molecule has 2 N–H and O–H groups in total. The lowest BCUT2D eigenvalue weighted by Crippen LogP contribution is -2.48. The maximum atomic E-state index is 13.0. The first-order valence-electron chi connectivity index (χ1n) is 11.5. The molecule has 2 saturated heterocycles. The molecule has 3 aliphatic rings. The lowest BCUT2D eigenvalue weighted by atomic mass is 9.95. The monoisotopic (exact) mass is 456 g/mol. The van der Waals surface area contributed by atoms with Crippen LogP contribution in [0.25, 0.3) is 0 Å². The summed E-state index contributed by atoms with van der Waals surface area (Å²) in [6, 6.07) is 13.0. The van der Waals surface area contributed by atoms with E-state index in [0.29, 0.717) is 36.2 Å². The van der Waals surface area contributed by atoms with Gasteiger partial charge in [-0.1, -0.05) is 24.3 Å². The maximum absolute atomic E-state index is 13.0. The Morgan fingerprint density at radius 2 is 1.66 bits per heavy atom. The molecule has 5 rings (SSSR count). The molecule has 4 heterocycles. The number of fused-ring (bicyclic) bond motifs is 1. The van der Waals surface area contributed by atoms with E-state index in [1.54, 1.807) is 6.20 Å². The third-order valence-corrected chi connectivity index (χ3v) is 8.80. The molecule has 0 radical (unpaired) electrons. The molecule has 2 fully saturated rings. The highest BCUT2D eigenvalue weighted by Crippen LogP contribution is 2.41. The molecule has 1 aromatic heterocycles. The number of carbonyl (C=O) groups excluding carboxylic acids is 1. The predicted octanol–water partition coefficient (Wildman–Crippen LogP) is 3.32. The zero-order chi connectivity index (χ0) is 22.1. The average molecular weight is 457 g/mol. The lowest BCUT2D eigenvalue weighted by Gasteiger charge is -2.41. The molecule has 0 aliphatic carbocycles. The van der Waals surface area contributed by atoms with Gasteiger partial charge in [-0.25, -0.2) is 4.98 Å². The standard InChI is InChI=1S/C24H32N4O3S/c29-24(20-5-6-23(25-17-20)26-13-15-32(30,31)16-14-26)27-11-8-22(9-12-27)28-10-7-19-3-1-2-4-21(19)18-28/h1-6,17,22,30-31H,7-16,18H2. The second-order valence-corrected chi connectivity index (χ2v) is 11.5. The minimum absolute atomic E-state index is 0.0549. The molecule has 0 unspecified atom stereocenters. The van der Waals surface area contributed by atoms with Gasteiger partial charge in [0.15, 0.2) is 0 Å². The summed E-state index contributed by atoms with van der Waals surface area (Å²) in [7, 11) is -2.42. The van der Waals surface area contributed by atoms with Gasteiger partial charge < -0.3 is 9.80 Å². The number of carbonyl (C=O) groups is 1. The summed E-state index contributed by atoms with van der Waals surface area (Å²) in [6.45, 7) is 4.85. The molecule has 1 amide bonds. The SMILES string of the molecule is O=C(c1ccc(N2CCS(O)(O)CC2)nc1)N1CCC(N2CCc3ccccc3C2)CC1. The average Bonchev–Trinajstić information content (AvgIpc) is 2.83. The van der Waals surface area contributed by atoms with Crippen LogP contribution in [0.3, 0.4) is 0 Å². The number of likely N-dealkylation sites (tertiary alicyclic amines) is 1. The van der Waals surface area contributed by atoms with Crippen molar-refractivity contribution in [2.75, 3.05) is 49.1 Å². The number of amides is 1. The number of rotatable bonds is 3. The Morgan fingerprint density at radius 1 is 0.938 bits per heavy atom. The first-order valence-corrected chi connectivity index (χ1v) is 13.4. The van der Waals surface area contributed by atoms with Crippen molar-refractivity contribution in [3.63, 3.8) is 0 Å². The fourth-order valence-electron chi connectivity index (χ4n) is 5.10. The summed E-state index contributed by atoms with van der Waals surface area (Å²) < 4.78 is 19.6. The van der Waals surface area contributed by atoms with Crippen LogP contribution in [0.15, 0.2) is 42.6 Å². The molecular weight excluding hydrogens is 424 g/mol. The number of nitrogens with zero attached hydrogens (tertiary/aromatic N) is 4.